The molecule has 0 bridgehead atoms. The zero-order valence-corrected chi connectivity index (χ0v) is 16.3. The Morgan fingerprint density at radius 2 is 1.75 bits per heavy atom. The minimum Gasteiger partial charge on any atom is -0.266 e. The summed E-state index contributed by atoms with van der Waals surface area (Å²) in [7, 11) is 0. The van der Waals surface area contributed by atoms with Crippen molar-refractivity contribution in [3.8, 4) is 11.8 Å². The smallest absolute Gasteiger partial charge is 0.266 e. The minimum absolute atomic E-state index is 0.0934. The van der Waals surface area contributed by atoms with E-state index in [1.165, 1.54) is 24.3 Å². The number of hydrogen-bond donors (Lipinski definition) is 0. The first-order valence-corrected chi connectivity index (χ1v) is 9.65. The van der Waals surface area contributed by atoms with Crippen LogP contribution in [0.3, 0.4) is 0 Å². The summed E-state index contributed by atoms with van der Waals surface area (Å²) < 4.78 is 81.0. The van der Waals surface area contributed by atoms with Crippen molar-refractivity contribution in [3.05, 3.63) is 52.3 Å². The molecule has 1 aliphatic rings. The van der Waals surface area contributed by atoms with Crippen LogP contribution in [0.2, 0.25) is 0 Å². The van der Waals surface area contributed by atoms with Crippen LogP contribution in [-0.2, 0) is 6.30 Å². The van der Waals surface area contributed by atoms with Gasteiger partial charge in [0, 0.05) is 5.92 Å². The predicted molar refractivity (Wildman–Crippen MR) is 99.9 cm³/mol. The zero-order chi connectivity index (χ0) is 23.3. The number of aromatic nitrogens is 4. The molecule has 0 saturated heterocycles. The summed E-state index contributed by atoms with van der Waals surface area (Å²) in [4.78, 5) is 20.8. The van der Waals surface area contributed by atoms with E-state index in [2.05, 4.69) is 9.97 Å². The summed E-state index contributed by atoms with van der Waals surface area (Å²) in [6, 6.07) is 7.47. The quantitative estimate of drug-likeness (QED) is 0.522. The maximum Gasteiger partial charge on any atom is 0.491 e. The van der Waals surface area contributed by atoms with Crippen LogP contribution in [0.5, 0.6) is 0 Å². The van der Waals surface area contributed by atoms with Gasteiger partial charge in [0.15, 0.2) is 11.2 Å². The third kappa shape index (κ3) is 3.83. The molecular weight excluding hydrogens is 440 g/mol. The van der Waals surface area contributed by atoms with E-state index in [0.29, 0.717) is 6.33 Å². The number of imidazole rings is 1. The Labute approximate surface area is 176 Å². The summed E-state index contributed by atoms with van der Waals surface area (Å²) in [6.45, 7) is 0. The van der Waals surface area contributed by atoms with Crippen LogP contribution in [0.1, 0.15) is 43.0 Å². The Morgan fingerprint density at radius 1 is 1.06 bits per heavy atom. The molecular formula is C20H15F6N5O. The second kappa shape index (κ2) is 7.65. The highest BCUT2D eigenvalue weighted by Crippen LogP contribution is 2.43. The maximum absolute atomic E-state index is 13.4. The largest absolute Gasteiger partial charge is 0.491 e. The first-order chi connectivity index (χ1) is 15.0. The van der Waals surface area contributed by atoms with Crippen LogP contribution in [0.15, 0.2) is 35.4 Å². The first-order valence-electron chi connectivity index (χ1n) is 9.65. The number of nitriles is 1. The topological polar surface area (TPSA) is 76.5 Å². The predicted octanol–water partition coefficient (Wildman–Crippen LogP) is 4.77. The summed E-state index contributed by atoms with van der Waals surface area (Å²) >= 11 is 0. The normalized spacial score (nSPS) is 19.8. The average molecular weight is 455 g/mol. The van der Waals surface area contributed by atoms with Gasteiger partial charge in [-0.2, -0.15) is 18.4 Å². The van der Waals surface area contributed by atoms with Crippen LogP contribution in [0, 0.1) is 17.2 Å². The van der Waals surface area contributed by atoms with Crippen molar-refractivity contribution < 1.29 is 26.3 Å². The number of nitrogens with zero attached hydrogens (tertiary/aromatic N) is 5. The molecule has 0 unspecified atom stereocenters. The van der Waals surface area contributed by atoms with Gasteiger partial charge in [0.05, 0.1) is 23.2 Å². The maximum atomic E-state index is 13.4. The highest BCUT2D eigenvalue weighted by molar-refractivity contribution is 5.70. The van der Waals surface area contributed by atoms with E-state index < -0.39 is 47.5 Å². The van der Waals surface area contributed by atoms with Gasteiger partial charge in [0.25, 0.3) is 5.56 Å². The van der Waals surface area contributed by atoms with Crippen LogP contribution in [-0.4, -0.2) is 25.3 Å². The van der Waals surface area contributed by atoms with Gasteiger partial charge >= 0.3 is 12.5 Å². The first kappa shape index (κ1) is 21.9. The summed E-state index contributed by atoms with van der Waals surface area (Å²) in [5, 5.41) is 8.98. The molecule has 0 radical (unpaired) electrons. The van der Waals surface area contributed by atoms with Crippen LogP contribution in [0.25, 0.3) is 16.9 Å². The highest BCUT2D eigenvalue weighted by Gasteiger charge is 2.43. The van der Waals surface area contributed by atoms with Gasteiger partial charge in [-0.1, -0.05) is 6.42 Å². The fraction of sp³-hybridized carbons (Fsp3) is 0.400. The van der Waals surface area contributed by atoms with Gasteiger partial charge in [-0.25, -0.2) is 14.5 Å². The van der Waals surface area contributed by atoms with Gasteiger partial charge in [-0.15, -0.1) is 13.2 Å². The van der Waals surface area contributed by atoms with Gasteiger partial charge in [0.1, 0.15) is 12.2 Å². The number of fused-ring (bicyclic) bond motifs is 1. The van der Waals surface area contributed by atoms with Crippen molar-refractivity contribution in [3.63, 3.8) is 0 Å². The summed E-state index contributed by atoms with van der Waals surface area (Å²) in [6.07, 6.45) is -9.01. The highest BCUT2D eigenvalue weighted by atomic mass is 19.4. The molecule has 3 aromatic rings. The lowest BCUT2D eigenvalue weighted by Gasteiger charge is -2.31. The van der Waals surface area contributed by atoms with E-state index in [0.717, 1.165) is 4.57 Å². The molecule has 0 amide bonds. The van der Waals surface area contributed by atoms with E-state index in [-0.39, 0.29) is 40.9 Å². The lowest BCUT2D eigenvalue weighted by atomic mass is 9.80. The van der Waals surface area contributed by atoms with E-state index in [9.17, 15) is 31.1 Å². The fourth-order valence-electron chi connectivity index (χ4n) is 4.08. The van der Waals surface area contributed by atoms with Crippen molar-refractivity contribution in [1.82, 2.24) is 19.1 Å². The molecule has 2 atom stereocenters. The third-order valence-corrected chi connectivity index (χ3v) is 5.63. The second-order valence-corrected chi connectivity index (χ2v) is 7.63. The van der Waals surface area contributed by atoms with E-state index in [4.69, 9.17) is 5.26 Å². The molecule has 2 heterocycles. The van der Waals surface area contributed by atoms with Crippen LogP contribution >= 0.6 is 0 Å². The van der Waals surface area contributed by atoms with E-state index in [1.54, 1.807) is 0 Å². The molecule has 12 heteroatoms. The molecule has 1 fully saturated rings. The Morgan fingerprint density at radius 3 is 2.34 bits per heavy atom. The zero-order valence-electron chi connectivity index (χ0n) is 16.3. The SMILES string of the molecule is N#Cc1ccc(-n2c([C@@H]3CCC[C@@H](C(F)(F)F)C3)nc3c(ncn3C(F)(F)F)c2=O)cc1. The van der Waals surface area contributed by atoms with Gasteiger partial charge in [0.2, 0.25) is 0 Å². The number of hydrogen-bond acceptors (Lipinski definition) is 4. The third-order valence-electron chi connectivity index (χ3n) is 5.63. The average Bonchev–Trinajstić information content (AvgIpc) is 3.18. The molecule has 1 aliphatic carbocycles. The Balaban J connectivity index is 1.95. The minimum atomic E-state index is -4.91. The molecule has 0 aliphatic heterocycles. The molecule has 1 saturated carbocycles. The van der Waals surface area contributed by atoms with Crippen molar-refractivity contribution in [2.45, 2.75) is 44.1 Å². The number of rotatable bonds is 2. The van der Waals surface area contributed by atoms with Crippen molar-refractivity contribution in [2.75, 3.05) is 0 Å². The fourth-order valence-corrected chi connectivity index (χ4v) is 4.08. The van der Waals surface area contributed by atoms with Crippen molar-refractivity contribution >= 4 is 11.2 Å². The summed E-state index contributed by atoms with van der Waals surface area (Å²) in [5.41, 5.74) is -1.79. The Bertz CT molecular complexity index is 1250. The molecule has 168 valence electrons. The van der Waals surface area contributed by atoms with Crippen LogP contribution in [0.4, 0.5) is 26.3 Å². The monoisotopic (exact) mass is 455 g/mol. The van der Waals surface area contributed by atoms with Gasteiger partial charge < -0.3 is 0 Å². The lowest BCUT2D eigenvalue weighted by Crippen LogP contribution is -2.32. The van der Waals surface area contributed by atoms with E-state index >= 15 is 0 Å². The molecule has 0 spiro atoms. The van der Waals surface area contributed by atoms with Crippen LogP contribution < -0.4 is 5.56 Å². The molecule has 1 aromatic carbocycles. The van der Waals surface area contributed by atoms with Gasteiger partial charge in [-0.3, -0.25) is 9.36 Å². The molecule has 32 heavy (non-hydrogen) atoms. The Hall–Kier alpha value is -3.36. The summed E-state index contributed by atoms with van der Waals surface area (Å²) in [5.74, 6) is -2.72. The standard InChI is InChI=1S/C20H15F6N5O/c21-19(22,23)13-3-1-2-12(8-13)16-29-17-15(28-10-30(17)20(24,25)26)18(32)31(16)14-6-4-11(9-27)5-7-14/h4-7,10,12-13H,1-3,8H2/t12-,13-/m1/s1. The van der Waals surface area contributed by atoms with E-state index in [1.807, 2.05) is 6.07 Å². The number of halogens is 6. The molecule has 6 nitrogen and oxygen atoms in total. The molecule has 4 rings (SSSR count). The Kier molecular flexibility index (Phi) is 5.22. The van der Waals surface area contributed by atoms with Crippen molar-refractivity contribution in [2.24, 2.45) is 5.92 Å². The second-order valence-electron chi connectivity index (χ2n) is 7.63. The van der Waals surface area contributed by atoms with Crippen molar-refractivity contribution in [1.29, 1.82) is 5.26 Å². The van der Waals surface area contributed by atoms with Gasteiger partial charge in [-0.05, 0) is 43.5 Å². The lowest BCUT2D eigenvalue weighted by molar-refractivity contribution is -0.201. The number of benzene rings is 1. The molecule has 2 aromatic heterocycles. The number of alkyl halides is 6. The molecule has 0 N–H and O–H groups in total.